The number of hydrogen-bond donors (Lipinski definition) is 5. The molecule has 2 aromatic rings. The Morgan fingerprint density at radius 1 is 1.40 bits per heavy atom. The maximum atomic E-state index is 9.09. The number of allylic oxidation sites excluding steroid dienone is 2. The molecule has 8 nitrogen and oxygen atoms in total. The van der Waals surface area contributed by atoms with Crippen molar-refractivity contribution in [3.05, 3.63) is 72.6 Å². The lowest BCUT2D eigenvalue weighted by Crippen LogP contribution is -2.33. The van der Waals surface area contributed by atoms with Gasteiger partial charge in [0.05, 0.1) is 6.61 Å². The van der Waals surface area contributed by atoms with Crippen LogP contribution in [-0.2, 0) is 0 Å². The van der Waals surface area contributed by atoms with Crippen LogP contribution in [0.25, 0.3) is 16.6 Å². The average molecular weight is 410 g/mol. The van der Waals surface area contributed by atoms with E-state index in [1.54, 1.807) is 29.7 Å². The fourth-order valence-corrected chi connectivity index (χ4v) is 2.55. The molecule has 0 spiro atoms. The van der Waals surface area contributed by atoms with Crippen LogP contribution in [0, 0.1) is 0 Å². The number of aliphatic hydroxyl groups is 1. The standard InChI is InChI=1S/C22H31N7O/c1-14(2)29(24)12-20(21(23)7-9-25-17(5)28-15(3)13-30)16(4)19-10-18-6-8-26-22(18)27-11-19/h6-12,14-15,28,30H,4-5,13,23-24H2,1-3H3,(H,26,27)/b20-12+,21-7-,25-9?/t15-/m0/s1. The highest BCUT2D eigenvalue weighted by Crippen LogP contribution is 2.27. The van der Waals surface area contributed by atoms with Crippen LogP contribution in [0.1, 0.15) is 26.3 Å². The fraction of sp³-hybridized carbons (Fsp3) is 0.273. The zero-order valence-electron chi connectivity index (χ0n) is 17.8. The number of nitrogens with zero attached hydrogens (tertiary/aromatic N) is 3. The normalized spacial score (nSPS) is 13.8. The van der Waals surface area contributed by atoms with Crippen LogP contribution >= 0.6 is 0 Å². The van der Waals surface area contributed by atoms with Crippen LogP contribution in [-0.4, -0.2) is 45.0 Å². The summed E-state index contributed by atoms with van der Waals surface area (Å²) in [6.45, 7) is 13.8. The summed E-state index contributed by atoms with van der Waals surface area (Å²) in [6, 6.07) is 3.88. The molecular weight excluding hydrogens is 378 g/mol. The molecule has 0 aliphatic carbocycles. The SMILES string of the molecule is C=C(N=C/C=C(N)/C(=C/N(N)C(C)C)C(=C)c1cnc2[nH]ccc2c1)N[C@@H](C)CO. The van der Waals surface area contributed by atoms with Gasteiger partial charge in [-0.05, 0) is 44.6 Å². The summed E-state index contributed by atoms with van der Waals surface area (Å²) in [5.41, 5.74) is 9.79. The molecule has 0 saturated heterocycles. The van der Waals surface area contributed by atoms with E-state index in [0.717, 1.165) is 16.6 Å². The lowest BCUT2D eigenvalue weighted by molar-refractivity contribution is 0.258. The number of nitrogens with two attached hydrogens (primary N) is 2. The van der Waals surface area contributed by atoms with E-state index >= 15 is 0 Å². The van der Waals surface area contributed by atoms with Gasteiger partial charge in [-0.3, -0.25) is 0 Å². The van der Waals surface area contributed by atoms with Crippen molar-refractivity contribution in [1.82, 2.24) is 20.3 Å². The fourth-order valence-electron chi connectivity index (χ4n) is 2.55. The first-order chi connectivity index (χ1) is 14.2. The van der Waals surface area contributed by atoms with E-state index in [-0.39, 0.29) is 18.7 Å². The van der Waals surface area contributed by atoms with Crippen molar-refractivity contribution >= 4 is 22.8 Å². The molecule has 2 rings (SSSR count). The highest BCUT2D eigenvalue weighted by atomic mass is 16.3. The molecule has 0 bridgehead atoms. The third-order valence-electron chi connectivity index (χ3n) is 4.43. The van der Waals surface area contributed by atoms with Crippen molar-refractivity contribution in [2.45, 2.75) is 32.9 Å². The first kappa shape index (κ1) is 22.9. The third kappa shape index (κ3) is 6.07. The Morgan fingerprint density at radius 3 is 2.80 bits per heavy atom. The van der Waals surface area contributed by atoms with Gasteiger partial charge in [-0.2, -0.15) is 0 Å². The highest BCUT2D eigenvalue weighted by molar-refractivity contribution is 5.88. The van der Waals surface area contributed by atoms with E-state index in [9.17, 15) is 0 Å². The van der Waals surface area contributed by atoms with Crippen molar-refractivity contribution in [2.75, 3.05) is 6.61 Å². The summed E-state index contributed by atoms with van der Waals surface area (Å²) < 4.78 is 0. The summed E-state index contributed by atoms with van der Waals surface area (Å²) in [6.07, 6.45) is 8.54. The minimum absolute atomic E-state index is 0.0136. The van der Waals surface area contributed by atoms with E-state index < -0.39 is 0 Å². The number of aliphatic imine (C=N–C) groups is 1. The van der Waals surface area contributed by atoms with Gasteiger partial charge in [-0.15, -0.1) is 0 Å². The van der Waals surface area contributed by atoms with Gasteiger partial charge in [0.2, 0.25) is 0 Å². The van der Waals surface area contributed by atoms with E-state index in [4.69, 9.17) is 16.7 Å². The number of nitrogens with one attached hydrogen (secondary N) is 2. The van der Waals surface area contributed by atoms with Gasteiger partial charge in [0.1, 0.15) is 11.5 Å². The lowest BCUT2D eigenvalue weighted by atomic mass is 9.98. The molecule has 0 aliphatic rings. The van der Waals surface area contributed by atoms with E-state index in [0.29, 0.717) is 22.7 Å². The van der Waals surface area contributed by atoms with Gasteiger partial charge < -0.3 is 26.1 Å². The Labute approximate surface area is 177 Å². The van der Waals surface area contributed by atoms with Crippen LogP contribution in [0.15, 0.2) is 72.0 Å². The Kier molecular flexibility index (Phi) is 7.97. The van der Waals surface area contributed by atoms with Gasteiger partial charge in [0.15, 0.2) is 0 Å². The average Bonchev–Trinajstić information content (AvgIpc) is 3.18. The largest absolute Gasteiger partial charge is 0.398 e. The van der Waals surface area contributed by atoms with E-state index in [1.165, 1.54) is 0 Å². The van der Waals surface area contributed by atoms with Crippen molar-refractivity contribution in [1.29, 1.82) is 0 Å². The van der Waals surface area contributed by atoms with Crippen molar-refractivity contribution in [3.63, 3.8) is 0 Å². The first-order valence-corrected chi connectivity index (χ1v) is 9.67. The number of aromatic nitrogens is 2. The third-order valence-corrected chi connectivity index (χ3v) is 4.43. The molecule has 30 heavy (non-hydrogen) atoms. The smallest absolute Gasteiger partial charge is 0.137 e. The minimum atomic E-state index is -0.140. The zero-order chi connectivity index (χ0) is 22.3. The van der Waals surface area contributed by atoms with Crippen molar-refractivity contribution in [3.8, 4) is 0 Å². The van der Waals surface area contributed by atoms with Crippen molar-refractivity contribution < 1.29 is 5.11 Å². The summed E-state index contributed by atoms with van der Waals surface area (Å²) >= 11 is 0. The van der Waals surface area contributed by atoms with Crippen LogP contribution in [0.2, 0.25) is 0 Å². The molecule has 0 aliphatic heterocycles. The van der Waals surface area contributed by atoms with Crippen LogP contribution < -0.4 is 16.9 Å². The van der Waals surface area contributed by atoms with Crippen LogP contribution in [0.5, 0.6) is 0 Å². The molecule has 0 amide bonds. The van der Waals surface area contributed by atoms with Crippen LogP contribution in [0.3, 0.4) is 0 Å². The topological polar surface area (TPSA) is 129 Å². The molecule has 160 valence electrons. The Hall–Kier alpha value is -3.36. The van der Waals surface area contributed by atoms with Gasteiger partial charge in [-0.25, -0.2) is 15.8 Å². The number of aromatic amines is 1. The van der Waals surface area contributed by atoms with Crippen LogP contribution in [0.4, 0.5) is 0 Å². The second-order valence-electron chi connectivity index (χ2n) is 7.28. The predicted molar refractivity (Wildman–Crippen MR) is 124 cm³/mol. The number of pyridine rings is 1. The quantitative estimate of drug-likeness (QED) is 0.177. The molecule has 2 aromatic heterocycles. The molecule has 1 atom stereocenters. The zero-order valence-corrected chi connectivity index (χ0v) is 17.8. The number of hydrazine groups is 1. The van der Waals surface area contributed by atoms with E-state index in [1.807, 2.05) is 39.1 Å². The minimum Gasteiger partial charge on any atom is -0.398 e. The maximum Gasteiger partial charge on any atom is 0.137 e. The molecule has 7 N–H and O–H groups in total. The number of aliphatic hydroxyl groups excluding tert-OH is 1. The summed E-state index contributed by atoms with van der Waals surface area (Å²) in [5.74, 6) is 6.55. The molecule has 0 aromatic carbocycles. The molecule has 0 radical (unpaired) electrons. The number of rotatable bonds is 10. The molecule has 0 unspecified atom stereocenters. The number of fused-ring (bicyclic) bond motifs is 1. The Morgan fingerprint density at radius 2 is 2.13 bits per heavy atom. The van der Waals surface area contributed by atoms with Gasteiger partial charge >= 0.3 is 0 Å². The predicted octanol–water partition coefficient (Wildman–Crippen LogP) is 2.40. The number of hydrogen-bond acceptors (Lipinski definition) is 7. The Bertz CT molecular complexity index is 984. The lowest BCUT2D eigenvalue weighted by Gasteiger charge is -2.21. The summed E-state index contributed by atoms with van der Waals surface area (Å²) in [5, 5.41) is 14.6. The van der Waals surface area contributed by atoms with Gasteiger partial charge in [0.25, 0.3) is 0 Å². The molecule has 8 heteroatoms. The first-order valence-electron chi connectivity index (χ1n) is 9.67. The second kappa shape index (κ2) is 10.4. The molecule has 0 saturated carbocycles. The molecular formula is C22H31N7O. The molecule has 0 fully saturated rings. The van der Waals surface area contributed by atoms with E-state index in [2.05, 4.69) is 33.4 Å². The second-order valence-corrected chi connectivity index (χ2v) is 7.28. The monoisotopic (exact) mass is 409 g/mol. The highest BCUT2D eigenvalue weighted by Gasteiger charge is 2.12. The molecule has 2 heterocycles. The summed E-state index contributed by atoms with van der Waals surface area (Å²) in [4.78, 5) is 11.7. The Balaban J connectivity index is 2.32. The maximum absolute atomic E-state index is 9.09. The van der Waals surface area contributed by atoms with Gasteiger partial charge in [-0.1, -0.05) is 13.2 Å². The number of H-pyrrole nitrogens is 1. The van der Waals surface area contributed by atoms with Crippen molar-refractivity contribution in [2.24, 2.45) is 16.6 Å². The van der Waals surface area contributed by atoms with Gasteiger partial charge in [0, 0.05) is 59.1 Å². The summed E-state index contributed by atoms with van der Waals surface area (Å²) in [7, 11) is 0.